The zero-order valence-corrected chi connectivity index (χ0v) is 19.8. The van der Waals surface area contributed by atoms with Crippen LogP contribution in [0.5, 0.6) is 11.5 Å². The Labute approximate surface area is 201 Å². The van der Waals surface area contributed by atoms with Crippen molar-refractivity contribution in [3.63, 3.8) is 0 Å². The number of para-hydroxylation sites is 1. The van der Waals surface area contributed by atoms with Crippen molar-refractivity contribution in [3.05, 3.63) is 98.1 Å². The fourth-order valence-corrected chi connectivity index (χ4v) is 3.99. The highest BCUT2D eigenvalue weighted by molar-refractivity contribution is 9.11. The van der Waals surface area contributed by atoms with Crippen molar-refractivity contribution in [1.82, 2.24) is 5.32 Å². The second kappa shape index (κ2) is 10.9. The molecule has 0 bridgehead atoms. The maximum Gasteiger partial charge on any atom is 0.255 e. The summed E-state index contributed by atoms with van der Waals surface area (Å²) >= 11 is 6.58. The molecule has 0 heterocycles. The van der Waals surface area contributed by atoms with Crippen LogP contribution in [-0.2, 0) is 4.79 Å². The number of nitrogens with zero attached hydrogens (tertiary/aromatic N) is 1. The molecule has 0 spiro atoms. The topological polar surface area (TPSA) is 99.0 Å². The van der Waals surface area contributed by atoms with Crippen molar-refractivity contribution in [3.8, 4) is 11.5 Å². The van der Waals surface area contributed by atoms with Crippen LogP contribution in [0.4, 0.5) is 0 Å². The standard InChI is InChI=1S/C24H18Br2N2O4/c25-18-10-17(23(31)19(26)12-18)13-27-14-22(30)20(11-16-8-4-5-9-21(16)29)28-24(32)15-6-2-1-3-7-15/h1-13,29,31H,14H2,(H,28,32)/b20-11-,27-13?. The smallest absolute Gasteiger partial charge is 0.255 e. The van der Waals surface area contributed by atoms with Crippen molar-refractivity contribution in [2.75, 3.05) is 6.54 Å². The first-order valence-electron chi connectivity index (χ1n) is 9.42. The Morgan fingerprint density at radius 3 is 2.34 bits per heavy atom. The predicted molar refractivity (Wildman–Crippen MR) is 131 cm³/mol. The van der Waals surface area contributed by atoms with Crippen LogP contribution in [-0.4, -0.2) is 34.7 Å². The molecule has 8 heteroatoms. The summed E-state index contributed by atoms with van der Waals surface area (Å²) in [5, 5.41) is 22.8. The first-order valence-corrected chi connectivity index (χ1v) is 11.0. The number of phenolic OH excluding ortho intramolecular Hbond substituents is 2. The summed E-state index contributed by atoms with van der Waals surface area (Å²) in [6, 6.07) is 18.3. The summed E-state index contributed by atoms with van der Waals surface area (Å²) in [6.45, 7) is -0.280. The molecule has 3 rings (SSSR count). The Morgan fingerprint density at radius 2 is 1.62 bits per heavy atom. The minimum Gasteiger partial charge on any atom is -0.507 e. The number of ketones is 1. The highest BCUT2D eigenvalue weighted by Gasteiger charge is 2.15. The van der Waals surface area contributed by atoms with Crippen molar-refractivity contribution in [2.45, 2.75) is 0 Å². The van der Waals surface area contributed by atoms with Gasteiger partial charge in [-0.15, -0.1) is 0 Å². The number of halogens is 2. The second-order valence-electron chi connectivity index (χ2n) is 6.66. The SMILES string of the molecule is O=C(CN=Cc1cc(Br)cc(Br)c1O)/C(=C/c1ccccc1O)NC(=O)c1ccccc1. The number of Topliss-reactive ketones (excluding diaryl/α,β-unsaturated/α-hetero) is 1. The Hall–Kier alpha value is -3.23. The largest absolute Gasteiger partial charge is 0.507 e. The number of carbonyl (C=O) groups excluding carboxylic acids is 2. The molecule has 0 atom stereocenters. The van der Waals surface area contributed by atoms with E-state index < -0.39 is 11.7 Å². The number of hydrogen-bond acceptors (Lipinski definition) is 5. The second-order valence-corrected chi connectivity index (χ2v) is 8.43. The number of hydrogen-bond donors (Lipinski definition) is 3. The van der Waals surface area contributed by atoms with E-state index >= 15 is 0 Å². The average molecular weight is 558 g/mol. The Kier molecular flexibility index (Phi) is 7.97. The number of aliphatic imine (C=N–C) groups is 1. The molecule has 3 N–H and O–H groups in total. The Balaban J connectivity index is 1.85. The van der Waals surface area contributed by atoms with Gasteiger partial charge in [-0.3, -0.25) is 14.6 Å². The third kappa shape index (κ3) is 6.15. The lowest BCUT2D eigenvalue weighted by Crippen LogP contribution is -2.28. The molecule has 1 amide bonds. The van der Waals surface area contributed by atoms with Crippen LogP contribution in [0.1, 0.15) is 21.5 Å². The first kappa shape index (κ1) is 23.4. The Morgan fingerprint density at radius 1 is 0.938 bits per heavy atom. The molecular weight excluding hydrogens is 540 g/mol. The summed E-state index contributed by atoms with van der Waals surface area (Å²) in [5.41, 5.74) is 1.16. The molecule has 6 nitrogen and oxygen atoms in total. The fraction of sp³-hybridized carbons (Fsp3) is 0.0417. The number of benzene rings is 3. The number of nitrogens with one attached hydrogen (secondary N) is 1. The molecule has 0 fully saturated rings. The van der Waals surface area contributed by atoms with E-state index in [9.17, 15) is 19.8 Å². The molecular formula is C24H18Br2N2O4. The number of aromatic hydroxyl groups is 2. The molecule has 0 unspecified atom stereocenters. The van der Waals surface area contributed by atoms with Crippen molar-refractivity contribution in [2.24, 2.45) is 4.99 Å². The monoisotopic (exact) mass is 556 g/mol. The van der Waals surface area contributed by atoms with Gasteiger partial charge in [0.1, 0.15) is 18.0 Å². The average Bonchev–Trinajstić information content (AvgIpc) is 2.78. The number of rotatable bonds is 7. The van der Waals surface area contributed by atoms with Crippen LogP contribution >= 0.6 is 31.9 Å². The Bertz CT molecular complexity index is 1210. The summed E-state index contributed by atoms with van der Waals surface area (Å²) in [7, 11) is 0. The van der Waals surface area contributed by atoms with E-state index in [1.54, 1.807) is 60.7 Å². The van der Waals surface area contributed by atoms with Gasteiger partial charge in [-0.25, -0.2) is 0 Å². The molecule has 0 aliphatic carbocycles. The predicted octanol–water partition coefficient (Wildman–Crippen LogP) is 5.08. The summed E-state index contributed by atoms with van der Waals surface area (Å²) in [5.74, 6) is -0.966. The van der Waals surface area contributed by atoms with E-state index in [-0.39, 0.29) is 23.7 Å². The van der Waals surface area contributed by atoms with Gasteiger partial charge in [-0.2, -0.15) is 0 Å². The molecule has 0 aliphatic rings. The molecule has 162 valence electrons. The molecule has 32 heavy (non-hydrogen) atoms. The lowest BCUT2D eigenvalue weighted by molar-refractivity contribution is -0.114. The first-order chi connectivity index (χ1) is 15.3. The molecule has 0 saturated carbocycles. The van der Waals surface area contributed by atoms with Crippen LogP contribution < -0.4 is 5.32 Å². The molecule has 3 aromatic carbocycles. The van der Waals surface area contributed by atoms with Gasteiger partial charge in [0.05, 0.1) is 10.2 Å². The zero-order chi connectivity index (χ0) is 23.1. The lowest BCUT2D eigenvalue weighted by Gasteiger charge is -2.09. The van der Waals surface area contributed by atoms with E-state index in [4.69, 9.17) is 0 Å². The zero-order valence-electron chi connectivity index (χ0n) is 16.6. The maximum atomic E-state index is 12.9. The lowest BCUT2D eigenvalue weighted by atomic mass is 10.1. The van der Waals surface area contributed by atoms with E-state index in [1.807, 2.05) is 0 Å². The van der Waals surface area contributed by atoms with Gasteiger partial charge >= 0.3 is 0 Å². The fourth-order valence-electron chi connectivity index (χ4n) is 2.73. The maximum absolute atomic E-state index is 12.9. The van der Waals surface area contributed by atoms with Crippen molar-refractivity contribution < 1.29 is 19.8 Å². The molecule has 0 aromatic heterocycles. The minimum atomic E-state index is -0.470. The third-order valence-electron chi connectivity index (χ3n) is 4.34. The number of carbonyl (C=O) groups is 2. The quantitative estimate of drug-likeness (QED) is 0.278. The van der Waals surface area contributed by atoms with Gasteiger partial charge in [0.2, 0.25) is 0 Å². The van der Waals surface area contributed by atoms with Crippen LogP contribution in [0.25, 0.3) is 6.08 Å². The van der Waals surface area contributed by atoms with Crippen LogP contribution in [0.2, 0.25) is 0 Å². The van der Waals surface area contributed by atoms with Crippen molar-refractivity contribution in [1.29, 1.82) is 0 Å². The normalized spacial score (nSPS) is 11.5. The number of amides is 1. The molecule has 0 radical (unpaired) electrons. The summed E-state index contributed by atoms with van der Waals surface area (Å²) < 4.78 is 1.21. The van der Waals surface area contributed by atoms with Gasteiger partial charge < -0.3 is 15.5 Å². The summed E-state index contributed by atoms with van der Waals surface area (Å²) in [4.78, 5) is 29.6. The van der Waals surface area contributed by atoms with E-state index in [2.05, 4.69) is 42.2 Å². The van der Waals surface area contributed by atoms with Gasteiger partial charge in [0, 0.05) is 27.4 Å². The minimum absolute atomic E-state index is 0.00764. The van der Waals surface area contributed by atoms with Crippen molar-refractivity contribution >= 4 is 55.8 Å². The van der Waals surface area contributed by atoms with Crippen LogP contribution in [0, 0.1) is 0 Å². The highest BCUT2D eigenvalue weighted by atomic mass is 79.9. The van der Waals surface area contributed by atoms with Gasteiger partial charge in [0.15, 0.2) is 5.78 Å². The van der Waals surface area contributed by atoms with Crippen LogP contribution in [0.3, 0.4) is 0 Å². The molecule has 3 aromatic rings. The van der Waals surface area contributed by atoms with Crippen LogP contribution in [0.15, 0.2) is 86.4 Å². The summed E-state index contributed by atoms with van der Waals surface area (Å²) in [6.07, 6.45) is 2.78. The van der Waals surface area contributed by atoms with Gasteiger partial charge in [-0.05, 0) is 52.3 Å². The van der Waals surface area contributed by atoms with Gasteiger partial charge in [-0.1, -0.05) is 52.3 Å². The van der Waals surface area contributed by atoms with E-state index in [1.165, 1.54) is 18.4 Å². The van der Waals surface area contributed by atoms with E-state index in [0.29, 0.717) is 21.2 Å². The van der Waals surface area contributed by atoms with Gasteiger partial charge in [0.25, 0.3) is 5.91 Å². The van der Waals surface area contributed by atoms with E-state index in [0.717, 1.165) is 4.47 Å². The highest BCUT2D eigenvalue weighted by Crippen LogP contribution is 2.30. The third-order valence-corrected chi connectivity index (χ3v) is 5.41. The molecule has 0 saturated heterocycles. The number of phenols is 2. The molecule has 0 aliphatic heterocycles.